The molecule has 1 N–H and O–H groups in total. The van der Waals surface area contributed by atoms with E-state index in [-0.39, 0.29) is 11.2 Å². The number of carbonyl (C=O) groups is 3. The Hall–Kier alpha value is -4.52. The molecule has 0 spiro atoms. The van der Waals surface area contributed by atoms with Crippen LogP contribution >= 0.6 is 11.3 Å². The standard InChI is InChI=1S/C31H37N7O5S/c1-19-13-14-36(18-19)26(39)33-22-10-8-9-20(15-22)25-34-35-27(44-25)37(28(40)42-30(2,3)4)23-11-12-24-21(16-23)17-32-38(24)29(41)43-31(5,6)7/h8-12,15-17,19H,13-14,18H2,1-7H3,(H,33,39). The fourth-order valence-electron chi connectivity index (χ4n) is 4.69. The third-order valence-electron chi connectivity index (χ3n) is 6.63. The van der Waals surface area contributed by atoms with Gasteiger partial charge in [0.1, 0.15) is 16.2 Å². The first-order valence-corrected chi connectivity index (χ1v) is 15.2. The van der Waals surface area contributed by atoms with Crippen LogP contribution in [-0.2, 0) is 9.47 Å². The second kappa shape index (κ2) is 11.9. The molecule has 13 heteroatoms. The van der Waals surface area contributed by atoms with Gasteiger partial charge in [-0.3, -0.25) is 0 Å². The number of urea groups is 1. The summed E-state index contributed by atoms with van der Waals surface area (Å²) in [5.74, 6) is 0.488. The van der Waals surface area contributed by atoms with Gasteiger partial charge in [-0.1, -0.05) is 30.4 Å². The van der Waals surface area contributed by atoms with E-state index in [9.17, 15) is 14.4 Å². The number of likely N-dealkylation sites (tertiary alicyclic amines) is 1. The van der Waals surface area contributed by atoms with Crippen molar-refractivity contribution in [3.63, 3.8) is 0 Å². The zero-order valence-corrected chi connectivity index (χ0v) is 26.8. The maximum atomic E-state index is 13.5. The van der Waals surface area contributed by atoms with Crippen LogP contribution in [0.2, 0.25) is 0 Å². The van der Waals surface area contributed by atoms with E-state index in [1.165, 1.54) is 27.1 Å². The third kappa shape index (κ3) is 7.16. The molecule has 0 aliphatic carbocycles. The normalized spacial score (nSPS) is 15.3. The van der Waals surface area contributed by atoms with Crippen LogP contribution in [0.3, 0.4) is 0 Å². The molecule has 3 heterocycles. The second-order valence-corrected chi connectivity index (χ2v) is 13.8. The molecule has 2 aromatic heterocycles. The van der Waals surface area contributed by atoms with Crippen molar-refractivity contribution in [3.05, 3.63) is 48.7 Å². The average Bonchev–Trinajstić information content (AvgIpc) is 3.67. The largest absolute Gasteiger partial charge is 0.443 e. The Bertz CT molecular complexity index is 1700. The summed E-state index contributed by atoms with van der Waals surface area (Å²) in [7, 11) is 0. The number of nitrogens with zero attached hydrogens (tertiary/aromatic N) is 6. The van der Waals surface area contributed by atoms with Crippen LogP contribution in [0.15, 0.2) is 48.7 Å². The van der Waals surface area contributed by atoms with Gasteiger partial charge in [-0.25, -0.2) is 19.3 Å². The number of anilines is 3. The van der Waals surface area contributed by atoms with E-state index in [0.717, 1.165) is 25.1 Å². The third-order valence-corrected chi connectivity index (χ3v) is 7.59. The van der Waals surface area contributed by atoms with Gasteiger partial charge in [0.25, 0.3) is 0 Å². The summed E-state index contributed by atoms with van der Waals surface area (Å²) in [5, 5.41) is 17.3. The van der Waals surface area contributed by atoms with Gasteiger partial charge in [0.05, 0.1) is 17.4 Å². The monoisotopic (exact) mass is 619 g/mol. The Morgan fingerprint density at radius 3 is 2.43 bits per heavy atom. The van der Waals surface area contributed by atoms with Gasteiger partial charge in [-0.2, -0.15) is 9.78 Å². The molecule has 1 unspecified atom stereocenters. The Labute approximate surface area is 259 Å². The molecule has 4 aromatic rings. The molecule has 44 heavy (non-hydrogen) atoms. The number of hydrogen-bond donors (Lipinski definition) is 1. The fraction of sp³-hybridized carbons (Fsp3) is 0.419. The summed E-state index contributed by atoms with van der Waals surface area (Å²) >= 11 is 1.20. The molecule has 2 aromatic carbocycles. The topological polar surface area (TPSA) is 132 Å². The molecular weight excluding hydrogens is 582 g/mol. The van der Waals surface area contributed by atoms with Gasteiger partial charge in [0, 0.05) is 29.7 Å². The molecule has 1 saturated heterocycles. The number of amides is 3. The molecule has 1 aliphatic rings. The Balaban J connectivity index is 1.44. The van der Waals surface area contributed by atoms with Gasteiger partial charge in [0.2, 0.25) is 5.13 Å². The molecule has 232 valence electrons. The maximum Gasteiger partial charge on any atom is 0.435 e. The first-order chi connectivity index (χ1) is 20.7. The van der Waals surface area contributed by atoms with Gasteiger partial charge in [0.15, 0.2) is 0 Å². The number of aromatic nitrogens is 4. The number of hydrogen-bond acceptors (Lipinski definition) is 9. The highest BCUT2D eigenvalue weighted by Gasteiger charge is 2.29. The summed E-state index contributed by atoms with van der Waals surface area (Å²) in [6.45, 7) is 14.3. The van der Waals surface area contributed by atoms with Crippen LogP contribution < -0.4 is 10.2 Å². The molecule has 0 radical (unpaired) electrons. The highest BCUT2D eigenvalue weighted by atomic mass is 32.1. The lowest BCUT2D eigenvalue weighted by atomic mass is 10.2. The van der Waals surface area contributed by atoms with Crippen molar-refractivity contribution in [1.82, 2.24) is 24.9 Å². The molecule has 1 fully saturated rings. The molecule has 5 rings (SSSR count). The van der Waals surface area contributed by atoms with Crippen molar-refractivity contribution in [2.45, 2.75) is 66.1 Å². The number of benzene rings is 2. The van der Waals surface area contributed by atoms with E-state index < -0.39 is 23.4 Å². The minimum atomic E-state index is -0.770. The van der Waals surface area contributed by atoms with E-state index in [1.54, 1.807) is 59.7 Å². The van der Waals surface area contributed by atoms with Crippen molar-refractivity contribution >= 4 is 57.0 Å². The lowest BCUT2D eigenvalue weighted by molar-refractivity contribution is 0.0521. The predicted octanol–water partition coefficient (Wildman–Crippen LogP) is 7.28. The van der Waals surface area contributed by atoms with E-state index in [0.29, 0.717) is 33.2 Å². The quantitative estimate of drug-likeness (QED) is 0.252. The van der Waals surface area contributed by atoms with Gasteiger partial charge in [-0.15, -0.1) is 10.2 Å². The highest BCUT2D eigenvalue weighted by Crippen LogP contribution is 2.36. The number of fused-ring (bicyclic) bond motifs is 1. The average molecular weight is 620 g/mol. The molecule has 1 aliphatic heterocycles. The Morgan fingerprint density at radius 1 is 1.00 bits per heavy atom. The second-order valence-electron chi connectivity index (χ2n) is 12.8. The number of nitrogens with one attached hydrogen (secondary N) is 1. The first-order valence-electron chi connectivity index (χ1n) is 14.4. The zero-order valence-electron chi connectivity index (χ0n) is 26.0. The molecule has 12 nitrogen and oxygen atoms in total. The lowest BCUT2D eigenvalue weighted by Gasteiger charge is -2.25. The van der Waals surface area contributed by atoms with Crippen molar-refractivity contribution in [3.8, 4) is 10.6 Å². The van der Waals surface area contributed by atoms with Gasteiger partial charge >= 0.3 is 18.2 Å². The minimum absolute atomic E-state index is 0.133. The van der Waals surface area contributed by atoms with Crippen molar-refractivity contribution in [2.24, 2.45) is 5.92 Å². The molecule has 3 amide bonds. The summed E-state index contributed by atoms with van der Waals surface area (Å²) in [4.78, 5) is 42.1. The van der Waals surface area contributed by atoms with Crippen LogP contribution in [-0.4, -0.2) is 67.4 Å². The van der Waals surface area contributed by atoms with Crippen LogP contribution in [0.25, 0.3) is 21.5 Å². The van der Waals surface area contributed by atoms with Crippen molar-refractivity contribution < 1.29 is 23.9 Å². The van der Waals surface area contributed by atoms with Crippen molar-refractivity contribution in [2.75, 3.05) is 23.3 Å². The van der Waals surface area contributed by atoms with Gasteiger partial charge in [-0.05, 0) is 84.2 Å². The van der Waals surface area contributed by atoms with Crippen molar-refractivity contribution in [1.29, 1.82) is 0 Å². The lowest BCUT2D eigenvalue weighted by Crippen LogP contribution is -2.33. The first kappa shape index (κ1) is 30.9. The van der Waals surface area contributed by atoms with E-state index in [2.05, 4.69) is 27.5 Å². The van der Waals surface area contributed by atoms with Crippen LogP contribution in [0.4, 0.5) is 30.9 Å². The highest BCUT2D eigenvalue weighted by molar-refractivity contribution is 7.18. The smallest absolute Gasteiger partial charge is 0.435 e. The van der Waals surface area contributed by atoms with Crippen LogP contribution in [0, 0.1) is 5.92 Å². The fourth-order valence-corrected chi connectivity index (χ4v) is 5.54. The molecule has 0 saturated carbocycles. The summed E-state index contributed by atoms with van der Waals surface area (Å²) < 4.78 is 12.4. The molecule has 0 bridgehead atoms. The van der Waals surface area contributed by atoms with E-state index in [4.69, 9.17) is 9.47 Å². The van der Waals surface area contributed by atoms with Crippen LogP contribution in [0.5, 0.6) is 0 Å². The van der Waals surface area contributed by atoms with Crippen LogP contribution in [0.1, 0.15) is 54.9 Å². The SMILES string of the molecule is CC1CCN(C(=O)Nc2cccc(-c3nnc(N(C(=O)OC(C)(C)C)c4ccc5c(cnn5C(=O)OC(C)(C)C)c4)s3)c2)C1. The Kier molecular flexibility index (Phi) is 8.34. The zero-order chi connectivity index (χ0) is 31.8. The predicted molar refractivity (Wildman–Crippen MR) is 169 cm³/mol. The summed E-state index contributed by atoms with van der Waals surface area (Å²) in [5.41, 5.74) is 0.899. The minimum Gasteiger partial charge on any atom is -0.443 e. The molecular formula is C31H37N7O5S. The Morgan fingerprint density at radius 2 is 1.75 bits per heavy atom. The summed E-state index contributed by atoms with van der Waals surface area (Å²) in [6, 6.07) is 12.3. The summed E-state index contributed by atoms with van der Waals surface area (Å²) in [6.07, 6.45) is 1.28. The number of rotatable bonds is 4. The van der Waals surface area contributed by atoms with E-state index in [1.807, 2.05) is 29.2 Å². The van der Waals surface area contributed by atoms with Gasteiger partial charge < -0.3 is 19.7 Å². The van der Waals surface area contributed by atoms with E-state index >= 15 is 0 Å². The number of carbonyl (C=O) groups excluding carboxylic acids is 3. The number of ether oxygens (including phenoxy) is 2. The molecule has 1 atom stereocenters. The maximum absolute atomic E-state index is 13.5.